The lowest BCUT2D eigenvalue weighted by Gasteiger charge is -2.25. The van der Waals surface area contributed by atoms with Gasteiger partial charge >= 0.3 is 0 Å². The van der Waals surface area contributed by atoms with Gasteiger partial charge in [0.15, 0.2) is 0 Å². The topological polar surface area (TPSA) is 79.0 Å². The molecule has 1 aliphatic heterocycles. The highest BCUT2D eigenvalue weighted by molar-refractivity contribution is 7.93. The van der Waals surface area contributed by atoms with Gasteiger partial charge < -0.3 is 15.0 Å². The standard InChI is InChI=1S/C21H27N3O4S/c1-23(2)20(16-8-10-19(28-3)11-9-16)15-22-21(25)17-6-4-7-18(14-17)24-12-5-13-29(24,26)27/h4,6-11,14,20H,5,12-13,15H2,1-3H3,(H,22,25). The Kier molecular flexibility index (Phi) is 6.44. The number of nitrogens with one attached hydrogen (secondary N) is 1. The predicted octanol–water partition coefficient (Wildman–Crippen LogP) is 2.27. The van der Waals surface area contributed by atoms with Crippen LogP contribution in [0.4, 0.5) is 5.69 Å². The van der Waals surface area contributed by atoms with Crippen molar-refractivity contribution >= 4 is 21.6 Å². The summed E-state index contributed by atoms with van der Waals surface area (Å²) in [5.74, 6) is 0.697. The van der Waals surface area contributed by atoms with Crippen molar-refractivity contribution in [2.24, 2.45) is 0 Å². The zero-order valence-electron chi connectivity index (χ0n) is 17.0. The van der Waals surface area contributed by atoms with Crippen molar-refractivity contribution in [2.45, 2.75) is 12.5 Å². The minimum absolute atomic E-state index is 0.00741. The summed E-state index contributed by atoms with van der Waals surface area (Å²) in [6.07, 6.45) is 0.602. The van der Waals surface area contributed by atoms with E-state index in [4.69, 9.17) is 4.74 Å². The van der Waals surface area contributed by atoms with E-state index < -0.39 is 10.0 Å². The number of rotatable bonds is 7. The first-order valence-electron chi connectivity index (χ1n) is 9.51. The van der Waals surface area contributed by atoms with Crippen molar-refractivity contribution in [1.82, 2.24) is 10.2 Å². The molecular weight excluding hydrogens is 390 g/mol. The van der Waals surface area contributed by atoms with Gasteiger partial charge in [-0.15, -0.1) is 0 Å². The summed E-state index contributed by atoms with van der Waals surface area (Å²) < 4.78 is 30.9. The smallest absolute Gasteiger partial charge is 0.251 e. The third-order valence-electron chi connectivity index (χ3n) is 5.08. The molecule has 2 aromatic rings. The van der Waals surface area contributed by atoms with Crippen LogP contribution in [0.25, 0.3) is 0 Å². The normalized spacial score (nSPS) is 16.6. The largest absolute Gasteiger partial charge is 0.497 e. The van der Waals surface area contributed by atoms with Crippen molar-refractivity contribution in [3.8, 4) is 5.75 Å². The van der Waals surface area contributed by atoms with Crippen LogP contribution in [0.15, 0.2) is 48.5 Å². The molecule has 1 saturated heterocycles. The van der Waals surface area contributed by atoms with Gasteiger partial charge in [-0.2, -0.15) is 0 Å². The van der Waals surface area contributed by atoms with E-state index >= 15 is 0 Å². The lowest BCUT2D eigenvalue weighted by atomic mass is 10.1. The number of carbonyl (C=O) groups is 1. The Morgan fingerprint density at radius 2 is 1.93 bits per heavy atom. The summed E-state index contributed by atoms with van der Waals surface area (Å²) >= 11 is 0. The van der Waals surface area contributed by atoms with Gasteiger partial charge in [-0.25, -0.2) is 8.42 Å². The highest BCUT2D eigenvalue weighted by atomic mass is 32.2. The Hall–Kier alpha value is -2.58. The van der Waals surface area contributed by atoms with Crippen LogP contribution < -0.4 is 14.4 Å². The Morgan fingerprint density at radius 3 is 2.52 bits per heavy atom. The number of hydrogen-bond donors (Lipinski definition) is 1. The summed E-state index contributed by atoms with van der Waals surface area (Å²) in [5, 5.41) is 2.97. The van der Waals surface area contributed by atoms with Gasteiger partial charge in [0.2, 0.25) is 10.0 Å². The zero-order chi connectivity index (χ0) is 21.0. The van der Waals surface area contributed by atoms with Gasteiger partial charge in [0.25, 0.3) is 5.91 Å². The lowest BCUT2D eigenvalue weighted by molar-refractivity contribution is 0.0942. The van der Waals surface area contributed by atoms with Gasteiger partial charge in [0.05, 0.1) is 24.6 Å². The SMILES string of the molecule is COc1ccc(C(CNC(=O)c2cccc(N3CCCS3(=O)=O)c2)N(C)C)cc1. The van der Waals surface area contributed by atoms with Crippen molar-refractivity contribution in [2.75, 3.05) is 44.4 Å². The fourth-order valence-corrected chi connectivity index (χ4v) is 5.00. The lowest BCUT2D eigenvalue weighted by Crippen LogP contribution is -2.34. The minimum atomic E-state index is -3.28. The molecule has 0 bridgehead atoms. The molecule has 3 rings (SSSR count). The summed E-state index contributed by atoms with van der Waals surface area (Å²) in [4.78, 5) is 14.8. The van der Waals surface area contributed by atoms with E-state index in [0.29, 0.717) is 30.8 Å². The fraction of sp³-hybridized carbons (Fsp3) is 0.381. The van der Waals surface area contributed by atoms with Crippen LogP contribution in [0, 0.1) is 0 Å². The van der Waals surface area contributed by atoms with Crippen LogP contribution in [-0.4, -0.2) is 59.3 Å². The Labute approximate surface area is 172 Å². The molecule has 1 aliphatic rings. The van der Waals surface area contributed by atoms with E-state index in [1.807, 2.05) is 43.3 Å². The predicted molar refractivity (Wildman–Crippen MR) is 114 cm³/mol. The van der Waals surface area contributed by atoms with Crippen LogP contribution >= 0.6 is 0 Å². The maximum Gasteiger partial charge on any atom is 0.251 e. The molecule has 1 heterocycles. The molecule has 156 valence electrons. The van der Waals surface area contributed by atoms with E-state index in [1.165, 1.54) is 4.31 Å². The summed E-state index contributed by atoms with van der Waals surface area (Å²) in [7, 11) is 2.26. The van der Waals surface area contributed by atoms with E-state index in [2.05, 4.69) is 5.32 Å². The number of likely N-dealkylation sites (N-methyl/N-ethyl adjacent to an activating group) is 1. The number of benzene rings is 2. The zero-order valence-corrected chi connectivity index (χ0v) is 17.8. The molecule has 0 spiro atoms. The summed E-state index contributed by atoms with van der Waals surface area (Å²) in [5.41, 5.74) is 2.04. The summed E-state index contributed by atoms with van der Waals surface area (Å²) in [6.45, 7) is 0.873. The molecule has 1 atom stereocenters. The number of hydrogen-bond acceptors (Lipinski definition) is 5. The number of amides is 1. The Bertz CT molecular complexity index is 958. The molecule has 8 heteroatoms. The van der Waals surface area contributed by atoms with Crippen molar-refractivity contribution < 1.29 is 17.9 Å². The number of ether oxygens (including phenoxy) is 1. The van der Waals surface area contributed by atoms with Crippen molar-refractivity contribution in [3.05, 3.63) is 59.7 Å². The number of methoxy groups -OCH3 is 1. The summed E-state index contributed by atoms with van der Waals surface area (Å²) in [6, 6.07) is 14.5. The molecular formula is C21H27N3O4S. The molecule has 0 aromatic heterocycles. The number of anilines is 1. The second kappa shape index (κ2) is 8.84. The first-order chi connectivity index (χ1) is 13.8. The van der Waals surface area contributed by atoms with Crippen LogP contribution in [0.2, 0.25) is 0 Å². The maximum atomic E-state index is 12.7. The van der Waals surface area contributed by atoms with E-state index in [9.17, 15) is 13.2 Å². The molecule has 29 heavy (non-hydrogen) atoms. The quantitative estimate of drug-likeness (QED) is 0.748. The van der Waals surface area contributed by atoms with Gasteiger partial charge in [0.1, 0.15) is 5.75 Å². The van der Waals surface area contributed by atoms with Gasteiger partial charge in [-0.1, -0.05) is 18.2 Å². The molecule has 1 fully saturated rings. The number of carbonyl (C=O) groups excluding carboxylic acids is 1. The van der Waals surface area contributed by atoms with Crippen LogP contribution in [0.3, 0.4) is 0 Å². The second-order valence-electron chi connectivity index (χ2n) is 7.25. The third-order valence-corrected chi connectivity index (χ3v) is 6.95. The average Bonchev–Trinajstić information content (AvgIpc) is 3.07. The highest BCUT2D eigenvalue weighted by Crippen LogP contribution is 2.25. The van der Waals surface area contributed by atoms with Crippen LogP contribution in [0.5, 0.6) is 5.75 Å². The van der Waals surface area contributed by atoms with Crippen molar-refractivity contribution in [3.63, 3.8) is 0 Å². The van der Waals surface area contributed by atoms with E-state index in [0.717, 1.165) is 11.3 Å². The highest BCUT2D eigenvalue weighted by Gasteiger charge is 2.28. The second-order valence-corrected chi connectivity index (χ2v) is 9.27. The van der Waals surface area contributed by atoms with Gasteiger partial charge in [-0.3, -0.25) is 9.10 Å². The van der Waals surface area contributed by atoms with Gasteiger partial charge in [0, 0.05) is 18.7 Å². The average molecular weight is 418 g/mol. The fourth-order valence-electron chi connectivity index (χ4n) is 3.45. The molecule has 0 radical (unpaired) electrons. The maximum absolute atomic E-state index is 12.7. The molecule has 7 nitrogen and oxygen atoms in total. The first-order valence-corrected chi connectivity index (χ1v) is 11.1. The van der Waals surface area contributed by atoms with Crippen LogP contribution in [-0.2, 0) is 10.0 Å². The van der Waals surface area contributed by atoms with Crippen LogP contribution in [0.1, 0.15) is 28.4 Å². The number of sulfonamides is 1. The number of nitrogens with zero attached hydrogens (tertiary/aromatic N) is 2. The molecule has 1 unspecified atom stereocenters. The Morgan fingerprint density at radius 1 is 1.21 bits per heavy atom. The van der Waals surface area contributed by atoms with E-state index in [1.54, 1.807) is 31.4 Å². The van der Waals surface area contributed by atoms with Crippen molar-refractivity contribution in [1.29, 1.82) is 0 Å². The third kappa shape index (κ3) is 4.89. The molecule has 1 N–H and O–H groups in total. The molecule has 2 aromatic carbocycles. The van der Waals surface area contributed by atoms with E-state index in [-0.39, 0.29) is 17.7 Å². The minimum Gasteiger partial charge on any atom is -0.497 e. The monoisotopic (exact) mass is 417 g/mol. The first kappa shape index (κ1) is 21.1. The van der Waals surface area contributed by atoms with Gasteiger partial charge in [-0.05, 0) is 56.4 Å². The molecule has 1 amide bonds. The Balaban J connectivity index is 1.71. The molecule has 0 aliphatic carbocycles. The molecule has 0 saturated carbocycles.